The first-order valence-corrected chi connectivity index (χ1v) is 7.87. The van der Waals surface area contributed by atoms with Crippen molar-refractivity contribution in [1.29, 1.82) is 0 Å². The second-order valence-electron chi connectivity index (χ2n) is 6.55. The summed E-state index contributed by atoms with van der Waals surface area (Å²) in [6, 6.07) is 10.6. The van der Waals surface area contributed by atoms with Crippen LogP contribution in [0.1, 0.15) is 39.5 Å². The van der Waals surface area contributed by atoms with E-state index < -0.39 is 0 Å². The highest BCUT2D eigenvalue weighted by Gasteiger charge is 2.38. The molecule has 0 saturated carbocycles. The topological polar surface area (TPSA) is 24.5 Å². The van der Waals surface area contributed by atoms with Crippen molar-refractivity contribution in [2.24, 2.45) is 0 Å². The van der Waals surface area contributed by atoms with E-state index in [1.807, 2.05) is 0 Å². The summed E-state index contributed by atoms with van der Waals surface area (Å²) in [5.41, 5.74) is 1.22. The molecule has 2 heterocycles. The van der Waals surface area contributed by atoms with Crippen LogP contribution in [0.25, 0.3) is 0 Å². The first-order valence-electron chi connectivity index (χ1n) is 7.87. The zero-order valence-electron chi connectivity index (χ0n) is 12.8. The second-order valence-corrected chi connectivity index (χ2v) is 6.55. The van der Waals surface area contributed by atoms with Crippen molar-refractivity contribution in [1.82, 2.24) is 4.90 Å². The normalized spacial score (nSPS) is 29.7. The third-order valence-electron chi connectivity index (χ3n) is 4.70. The third kappa shape index (κ3) is 2.93. The molecule has 2 aliphatic heterocycles. The Hall–Kier alpha value is -1.22. The van der Waals surface area contributed by atoms with Crippen LogP contribution in [0.2, 0.25) is 0 Å². The Labute approximate surface area is 122 Å². The van der Waals surface area contributed by atoms with Gasteiger partial charge in [0.25, 0.3) is 0 Å². The maximum absolute atomic E-state index is 5.68. The quantitative estimate of drug-likeness (QED) is 0.909. The highest BCUT2D eigenvalue weighted by atomic mass is 16.5. The van der Waals surface area contributed by atoms with E-state index in [-0.39, 0.29) is 6.10 Å². The molecule has 110 valence electrons. The van der Waals surface area contributed by atoms with Crippen LogP contribution in [0.3, 0.4) is 0 Å². The lowest BCUT2D eigenvalue weighted by atomic mass is 9.98. The van der Waals surface area contributed by atoms with E-state index in [1.54, 1.807) is 0 Å². The molecule has 1 N–H and O–H groups in total. The summed E-state index contributed by atoms with van der Waals surface area (Å²) in [7, 11) is 2.29. The van der Waals surface area contributed by atoms with Crippen molar-refractivity contribution < 1.29 is 4.74 Å². The van der Waals surface area contributed by atoms with Crippen LogP contribution >= 0.6 is 0 Å². The van der Waals surface area contributed by atoms with Gasteiger partial charge in [0, 0.05) is 23.8 Å². The molecule has 0 aromatic heterocycles. The molecule has 3 nitrogen and oxygen atoms in total. The van der Waals surface area contributed by atoms with E-state index in [2.05, 4.69) is 55.4 Å². The highest BCUT2D eigenvalue weighted by molar-refractivity contribution is 5.47. The summed E-state index contributed by atoms with van der Waals surface area (Å²) in [5, 5.41) is 3.70. The lowest BCUT2D eigenvalue weighted by Crippen LogP contribution is -2.44. The van der Waals surface area contributed by atoms with Gasteiger partial charge in [0.2, 0.25) is 0 Å². The zero-order chi connectivity index (χ0) is 14.1. The molecular weight excluding hydrogens is 248 g/mol. The monoisotopic (exact) mass is 274 g/mol. The Balaban J connectivity index is 1.58. The standard InChI is InChI=1S/C17H26N2O/c1-12(2)20-17-8-4-13(5-9-17)18-14-10-15-6-7-16(11-14)19(15)3/h4-5,8-9,12,14-16,18H,6-7,10-11H2,1-3H3. The average Bonchev–Trinajstić information content (AvgIpc) is 2.63. The average molecular weight is 274 g/mol. The Morgan fingerprint density at radius 1 is 1.10 bits per heavy atom. The Bertz CT molecular complexity index is 429. The lowest BCUT2D eigenvalue weighted by molar-refractivity contribution is 0.169. The lowest BCUT2D eigenvalue weighted by Gasteiger charge is -2.37. The van der Waals surface area contributed by atoms with Gasteiger partial charge in [-0.05, 0) is 70.8 Å². The Morgan fingerprint density at radius 3 is 2.25 bits per heavy atom. The van der Waals surface area contributed by atoms with E-state index in [0.29, 0.717) is 6.04 Å². The molecule has 2 bridgehead atoms. The van der Waals surface area contributed by atoms with E-state index in [0.717, 1.165) is 17.8 Å². The second kappa shape index (κ2) is 5.65. The zero-order valence-corrected chi connectivity index (χ0v) is 12.8. The molecule has 2 fully saturated rings. The van der Waals surface area contributed by atoms with Gasteiger partial charge >= 0.3 is 0 Å². The summed E-state index contributed by atoms with van der Waals surface area (Å²) in [6.45, 7) is 4.11. The van der Waals surface area contributed by atoms with Gasteiger partial charge in [0.05, 0.1) is 6.10 Å². The van der Waals surface area contributed by atoms with E-state index in [9.17, 15) is 0 Å². The van der Waals surface area contributed by atoms with E-state index in [4.69, 9.17) is 4.74 Å². The summed E-state index contributed by atoms with van der Waals surface area (Å²) in [4.78, 5) is 2.58. The number of ether oxygens (including phenoxy) is 1. The SMILES string of the molecule is CC(C)Oc1ccc(NC2CC3CCC(C2)N3C)cc1. The number of fused-ring (bicyclic) bond motifs is 2. The molecule has 3 heteroatoms. The fourth-order valence-electron chi connectivity index (χ4n) is 3.67. The summed E-state index contributed by atoms with van der Waals surface area (Å²) in [5.74, 6) is 0.953. The van der Waals surface area contributed by atoms with Gasteiger partial charge in [-0.1, -0.05) is 0 Å². The van der Waals surface area contributed by atoms with Gasteiger partial charge in [-0.15, -0.1) is 0 Å². The number of piperidine rings is 1. The highest BCUT2D eigenvalue weighted by Crippen LogP contribution is 2.35. The van der Waals surface area contributed by atoms with Gasteiger partial charge in [-0.25, -0.2) is 0 Å². The maximum atomic E-state index is 5.68. The van der Waals surface area contributed by atoms with E-state index >= 15 is 0 Å². The number of benzene rings is 1. The minimum Gasteiger partial charge on any atom is -0.491 e. The third-order valence-corrected chi connectivity index (χ3v) is 4.70. The number of nitrogens with one attached hydrogen (secondary N) is 1. The maximum Gasteiger partial charge on any atom is 0.119 e. The van der Waals surface area contributed by atoms with Gasteiger partial charge < -0.3 is 15.0 Å². The van der Waals surface area contributed by atoms with Gasteiger partial charge in [-0.3, -0.25) is 0 Å². The summed E-state index contributed by atoms with van der Waals surface area (Å²) < 4.78 is 5.68. The van der Waals surface area contributed by atoms with Crippen molar-refractivity contribution in [2.75, 3.05) is 12.4 Å². The first kappa shape index (κ1) is 13.7. The van der Waals surface area contributed by atoms with Crippen LogP contribution in [0.5, 0.6) is 5.75 Å². The predicted molar refractivity (Wildman–Crippen MR) is 83.4 cm³/mol. The van der Waals surface area contributed by atoms with Gasteiger partial charge in [0.1, 0.15) is 5.75 Å². The predicted octanol–water partition coefficient (Wildman–Crippen LogP) is 3.51. The fourth-order valence-corrected chi connectivity index (χ4v) is 3.67. The molecule has 0 radical (unpaired) electrons. The van der Waals surface area contributed by atoms with Crippen molar-refractivity contribution in [3.05, 3.63) is 24.3 Å². The van der Waals surface area contributed by atoms with Crippen LogP contribution < -0.4 is 10.1 Å². The Morgan fingerprint density at radius 2 is 1.70 bits per heavy atom. The molecule has 2 atom stereocenters. The molecular formula is C17H26N2O. The van der Waals surface area contributed by atoms with Crippen LogP contribution in [0.4, 0.5) is 5.69 Å². The molecule has 0 spiro atoms. The molecule has 1 aromatic carbocycles. The molecule has 0 aliphatic carbocycles. The van der Waals surface area contributed by atoms with E-state index in [1.165, 1.54) is 31.4 Å². The Kier molecular flexibility index (Phi) is 3.88. The molecule has 2 aliphatic rings. The summed E-state index contributed by atoms with van der Waals surface area (Å²) >= 11 is 0. The number of rotatable bonds is 4. The summed E-state index contributed by atoms with van der Waals surface area (Å²) in [6.07, 6.45) is 5.54. The minimum absolute atomic E-state index is 0.235. The number of nitrogens with zero attached hydrogens (tertiary/aromatic N) is 1. The van der Waals surface area contributed by atoms with Crippen molar-refractivity contribution >= 4 is 5.69 Å². The molecule has 2 saturated heterocycles. The van der Waals surface area contributed by atoms with Crippen LogP contribution in [0.15, 0.2) is 24.3 Å². The fraction of sp³-hybridized carbons (Fsp3) is 0.647. The van der Waals surface area contributed by atoms with Gasteiger partial charge in [0.15, 0.2) is 0 Å². The number of hydrogen-bond donors (Lipinski definition) is 1. The van der Waals surface area contributed by atoms with Gasteiger partial charge in [-0.2, -0.15) is 0 Å². The number of anilines is 1. The first-order chi connectivity index (χ1) is 9.61. The molecule has 0 amide bonds. The minimum atomic E-state index is 0.235. The molecule has 20 heavy (non-hydrogen) atoms. The largest absolute Gasteiger partial charge is 0.491 e. The van der Waals surface area contributed by atoms with Crippen molar-refractivity contribution in [3.63, 3.8) is 0 Å². The van der Waals surface area contributed by atoms with Crippen LogP contribution in [-0.2, 0) is 0 Å². The molecule has 2 unspecified atom stereocenters. The van der Waals surface area contributed by atoms with Crippen molar-refractivity contribution in [2.45, 2.75) is 63.8 Å². The molecule has 3 rings (SSSR count). The molecule has 1 aromatic rings. The van der Waals surface area contributed by atoms with Crippen molar-refractivity contribution in [3.8, 4) is 5.75 Å². The smallest absolute Gasteiger partial charge is 0.119 e. The number of hydrogen-bond acceptors (Lipinski definition) is 3. The van der Waals surface area contributed by atoms with Crippen LogP contribution in [-0.4, -0.2) is 36.2 Å². The van der Waals surface area contributed by atoms with Crippen LogP contribution in [0, 0.1) is 0 Å².